The topological polar surface area (TPSA) is 158 Å². The number of hydrogen-bond donors (Lipinski definition) is 2. The summed E-state index contributed by atoms with van der Waals surface area (Å²) in [7, 11) is 0. The molecule has 0 fully saturated rings. The number of aryl methyl sites for hydroxylation is 1. The van der Waals surface area contributed by atoms with E-state index in [4.69, 9.17) is 16.1 Å². The lowest BCUT2D eigenvalue weighted by atomic mass is 10.2. The Hall–Kier alpha value is -3.80. The smallest absolute Gasteiger partial charge is 0.316 e. The van der Waals surface area contributed by atoms with Crippen molar-refractivity contribution < 1.29 is 19.0 Å². The van der Waals surface area contributed by atoms with Crippen LogP contribution >= 0.6 is 11.6 Å². The molecule has 0 aliphatic carbocycles. The van der Waals surface area contributed by atoms with Gasteiger partial charge in [-0.2, -0.15) is 10.1 Å². The minimum absolute atomic E-state index is 0.00514. The Morgan fingerprint density at radius 3 is 2.52 bits per heavy atom. The molecule has 2 amide bonds. The van der Waals surface area contributed by atoms with Gasteiger partial charge in [0, 0.05) is 13.1 Å². The second-order valence-electron chi connectivity index (χ2n) is 6.44. The van der Waals surface area contributed by atoms with Crippen LogP contribution in [0.3, 0.4) is 0 Å². The van der Waals surface area contributed by atoms with Crippen LogP contribution in [0.15, 0.2) is 28.8 Å². The van der Waals surface area contributed by atoms with Crippen LogP contribution in [0.2, 0.25) is 5.02 Å². The molecule has 0 saturated heterocycles. The van der Waals surface area contributed by atoms with E-state index in [1.165, 1.54) is 11.6 Å². The molecule has 3 aromatic rings. The van der Waals surface area contributed by atoms with Gasteiger partial charge in [0.1, 0.15) is 17.9 Å². The third-order valence-electron chi connectivity index (χ3n) is 4.29. The largest absolute Gasteiger partial charge is 0.350 e. The summed E-state index contributed by atoms with van der Waals surface area (Å²) in [5.74, 6) is -1.12. The molecular weight excluding hydrogens is 430 g/mol. The number of carbonyl (C=O) groups is 2. The molecule has 13 heteroatoms. The van der Waals surface area contributed by atoms with Gasteiger partial charge in [-0.15, -0.1) is 0 Å². The van der Waals surface area contributed by atoms with E-state index in [2.05, 4.69) is 25.9 Å². The molecule has 0 bridgehead atoms. The van der Waals surface area contributed by atoms with Gasteiger partial charge in [0.2, 0.25) is 0 Å². The molecule has 0 aliphatic heterocycles. The average molecular weight is 448 g/mol. The Labute approximate surface area is 180 Å². The highest BCUT2D eigenvalue weighted by molar-refractivity contribution is 6.33. The molecule has 0 aliphatic rings. The molecule has 31 heavy (non-hydrogen) atoms. The van der Waals surface area contributed by atoms with Crippen LogP contribution in [0, 0.1) is 24.0 Å². The second kappa shape index (κ2) is 9.34. The molecule has 0 unspecified atom stereocenters. The highest BCUT2D eigenvalue weighted by Gasteiger charge is 2.23. The first kappa shape index (κ1) is 21.9. The van der Waals surface area contributed by atoms with E-state index in [0.29, 0.717) is 16.3 Å². The van der Waals surface area contributed by atoms with E-state index >= 15 is 0 Å². The number of aromatic nitrogens is 4. The van der Waals surface area contributed by atoms with Crippen molar-refractivity contribution in [3.8, 4) is 0 Å². The highest BCUT2D eigenvalue weighted by atomic mass is 35.5. The number of nitro groups is 1. The van der Waals surface area contributed by atoms with Crippen molar-refractivity contribution in [3.05, 3.63) is 68.1 Å². The summed E-state index contributed by atoms with van der Waals surface area (Å²) < 4.78 is 6.30. The molecule has 2 heterocycles. The zero-order valence-electron chi connectivity index (χ0n) is 16.6. The van der Waals surface area contributed by atoms with Gasteiger partial charge >= 0.3 is 17.5 Å². The molecule has 0 saturated carbocycles. The SMILES string of the molecule is Cc1nn(Cc2noc(C(=O)NCCNC(=O)c3ccccc3Cl)n2)c(C)c1[N+](=O)[O-]. The fraction of sp³-hybridized carbons (Fsp3) is 0.278. The molecule has 2 N–H and O–H groups in total. The first-order valence-electron chi connectivity index (χ1n) is 9.09. The third-order valence-corrected chi connectivity index (χ3v) is 4.62. The molecule has 12 nitrogen and oxygen atoms in total. The maximum atomic E-state index is 12.1. The Balaban J connectivity index is 1.52. The number of rotatable bonds is 8. The van der Waals surface area contributed by atoms with Gasteiger partial charge in [0.25, 0.3) is 5.91 Å². The lowest BCUT2D eigenvalue weighted by molar-refractivity contribution is -0.386. The predicted molar refractivity (Wildman–Crippen MR) is 108 cm³/mol. The van der Waals surface area contributed by atoms with E-state index in [9.17, 15) is 19.7 Å². The number of nitrogens with zero attached hydrogens (tertiary/aromatic N) is 5. The van der Waals surface area contributed by atoms with Crippen molar-refractivity contribution in [3.63, 3.8) is 0 Å². The predicted octanol–water partition coefficient (Wildman–Crippen LogP) is 1.65. The molecule has 0 spiro atoms. The molecule has 1 aromatic carbocycles. The van der Waals surface area contributed by atoms with Crippen molar-refractivity contribution in [1.82, 2.24) is 30.6 Å². The van der Waals surface area contributed by atoms with Crippen LogP contribution in [-0.4, -0.2) is 49.7 Å². The Morgan fingerprint density at radius 2 is 1.87 bits per heavy atom. The van der Waals surface area contributed by atoms with E-state index in [0.717, 1.165) is 0 Å². The van der Waals surface area contributed by atoms with Crippen molar-refractivity contribution in [2.45, 2.75) is 20.4 Å². The quantitative estimate of drug-likeness (QED) is 0.299. The minimum atomic E-state index is -0.620. The van der Waals surface area contributed by atoms with Crippen LogP contribution in [-0.2, 0) is 6.54 Å². The van der Waals surface area contributed by atoms with Crippen LogP contribution in [0.4, 0.5) is 5.69 Å². The summed E-state index contributed by atoms with van der Waals surface area (Å²) in [6.45, 7) is 3.37. The van der Waals surface area contributed by atoms with E-state index in [1.807, 2.05) is 0 Å². The lowest BCUT2D eigenvalue weighted by Crippen LogP contribution is -2.34. The molecule has 3 rings (SSSR count). The standard InChI is InChI=1S/C18H18ClN7O5/c1-10-15(26(29)30)11(2)25(23-10)9-14-22-18(31-24-14)17(28)21-8-7-20-16(27)12-5-3-4-6-13(12)19/h3-6H,7-9H2,1-2H3,(H,20,27)(H,21,28). The van der Waals surface area contributed by atoms with Gasteiger partial charge in [-0.3, -0.25) is 24.4 Å². The van der Waals surface area contributed by atoms with Gasteiger partial charge < -0.3 is 15.2 Å². The molecule has 0 radical (unpaired) electrons. The summed E-state index contributed by atoms with van der Waals surface area (Å²) in [4.78, 5) is 38.7. The van der Waals surface area contributed by atoms with Gasteiger partial charge in [0.15, 0.2) is 5.82 Å². The lowest BCUT2D eigenvalue weighted by Gasteiger charge is -2.06. The zero-order valence-corrected chi connectivity index (χ0v) is 17.3. The van der Waals surface area contributed by atoms with Gasteiger partial charge in [-0.1, -0.05) is 28.9 Å². The van der Waals surface area contributed by atoms with Crippen molar-refractivity contribution in [1.29, 1.82) is 0 Å². The van der Waals surface area contributed by atoms with E-state index in [1.54, 1.807) is 31.2 Å². The zero-order chi connectivity index (χ0) is 22.5. The maximum absolute atomic E-state index is 12.1. The molecule has 0 atom stereocenters. The number of halogens is 1. The van der Waals surface area contributed by atoms with Crippen molar-refractivity contribution >= 4 is 29.1 Å². The normalized spacial score (nSPS) is 10.7. The first-order chi connectivity index (χ1) is 14.8. The monoisotopic (exact) mass is 447 g/mol. The number of hydrogen-bond acceptors (Lipinski definition) is 8. The number of amides is 2. The van der Waals surface area contributed by atoms with Crippen LogP contribution in [0.1, 0.15) is 38.3 Å². The average Bonchev–Trinajstić information content (AvgIpc) is 3.29. The fourth-order valence-electron chi connectivity index (χ4n) is 2.82. The summed E-state index contributed by atoms with van der Waals surface area (Å²) in [6.07, 6.45) is 0. The number of nitrogens with one attached hydrogen (secondary N) is 2. The first-order valence-corrected chi connectivity index (χ1v) is 9.47. The Kier molecular flexibility index (Phi) is 6.60. The Morgan fingerprint density at radius 1 is 1.19 bits per heavy atom. The van der Waals surface area contributed by atoms with Crippen molar-refractivity contribution in [2.24, 2.45) is 0 Å². The van der Waals surface area contributed by atoms with Crippen molar-refractivity contribution in [2.75, 3.05) is 13.1 Å². The van der Waals surface area contributed by atoms with Gasteiger partial charge in [-0.25, -0.2) is 0 Å². The second-order valence-corrected chi connectivity index (χ2v) is 6.85. The van der Waals surface area contributed by atoms with Crippen LogP contribution < -0.4 is 10.6 Å². The summed E-state index contributed by atoms with van der Waals surface area (Å²) in [5, 5.41) is 24.4. The number of benzene rings is 1. The molecule has 2 aromatic heterocycles. The number of carbonyl (C=O) groups excluding carboxylic acids is 2. The van der Waals surface area contributed by atoms with Crippen LogP contribution in [0.25, 0.3) is 0 Å². The fourth-order valence-corrected chi connectivity index (χ4v) is 3.04. The van der Waals surface area contributed by atoms with Gasteiger partial charge in [-0.05, 0) is 26.0 Å². The van der Waals surface area contributed by atoms with Crippen LogP contribution in [0.5, 0.6) is 0 Å². The highest BCUT2D eigenvalue weighted by Crippen LogP contribution is 2.22. The third kappa shape index (κ3) is 5.04. The Bertz CT molecular complexity index is 1140. The van der Waals surface area contributed by atoms with Gasteiger partial charge in [0.05, 0.1) is 15.5 Å². The summed E-state index contributed by atoms with van der Waals surface area (Å²) in [5.41, 5.74) is 0.858. The molecular formula is C18H18ClN7O5. The minimum Gasteiger partial charge on any atom is -0.350 e. The van der Waals surface area contributed by atoms with E-state index < -0.39 is 10.8 Å². The van der Waals surface area contributed by atoms with E-state index in [-0.39, 0.29) is 48.6 Å². The maximum Gasteiger partial charge on any atom is 0.316 e. The summed E-state index contributed by atoms with van der Waals surface area (Å²) >= 11 is 5.96. The molecule has 162 valence electrons. The summed E-state index contributed by atoms with van der Waals surface area (Å²) in [6, 6.07) is 6.61.